The first-order valence-electron chi connectivity index (χ1n) is 5.96. The van der Waals surface area contributed by atoms with E-state index < -0.39 is 10.0 Å². The van der Waals surface area contributed by atoms with Crippen molar-refractivity contribution >= 4 is 31.6 Å². The van der Waals surface area contributed by atoms with E-state index in [0.29, 0.717) is 10.0 Å². The van der Waals surface area contributed by atoms with E-state index in [1.54, 1.807) is 30.3 Å². The summed E-state index contributed by atoms with van der Waals surface area (Å²) in [5, 5.41) is 8.71. The lowest BCUT2D eigenvalue weighted by Crippen LogP contribution is -2.24. The van der Waals surface area contributed by atoms with Crippen LogP contribution < -0.4 is 10.5 Å². The monoisotopic (exact) mass is 365 g/mol. The lowest BCUT2D eigenvalue weighted by atomic mass is 10.1. The van der Waals surface area contributed by atoms with Gasteiger partial charge in [0.1, 0.15) is 4.90 Å². The van der Waals surface area contributed by atoms with Crippen molar-refractivity contribution in [1.29, 1.82) is 5.26 Å². The van der Waals surface area contributed by atoms with Gasteiger partial charge in [-0.05, 0) is 35.9 Å². The molecule has 3 N–H and O–H groups in total. The van der Waals surface area contributed by atoms with Gasteiger partial charge in [-0.2, -0.15) is 5.26 Å². The number of rotatable bonds is 4. The minimum Gasteiger partial charge on any atom is -0.398 e. The predicted molar refractivity (Wildman–Crippen MR) is 83.7 cm³/mol. The molecule has 0 aliphatic rings. The van der Waals surface area contributed by atoms with Gasteiger partial charge < -0.3 is 5.73 Å². The van der Waals surface area contributed by atoms with Gasteiger partial charge in [-0.3, -0.25) is 0 Å². The molecule has 0 aliphatic carbocycles. The molecule has 7 heteroatoms. The molecule has 0 saturated heterocycles. The zero-order valence-electron chi connectivity index (χ0n) is 10.9. The van der Waals surface area contributed by atoms with E-state index in [-0.39, 0.29) is 17.1 Å². The van der Waals surface area contributed by atoms with Crippen LogP contribution in [0, 0.1) is 11.3 Å². The molecular formula is C14H12BrN3O2S. The molecule has 108 valence electrons. The highest BCUT2D eigenvalue weighted by Crippen LogP contribution is 2.23. The largest absolute Gasteiger partial charge is 0.398 e. The summed E-state index contributed by atoms with van der Waals surface area (Å²) in [6.45, 7) is 0.125. The Kier molecular flexibility index (Phi) is 4.63. The number of nitrogens with two attached hydrogens (primary N) is 1. The number of benzene rings is 2. The van der Waals surface area contributed by atoms with Crippen molar-refractivity contribution in [3.63, 3.8) is 0 Å². The summed E-state index contributed by atoms with van der Waals surface area (Å²) in [5.41, 5.74) is 7.17. The third kappa shape index (κ3) is 3.82. The summed E-state index contributed by atoms with van der Waals surface area (Å²) in [5.74, 6) is 0. The second-order valence-corrected chi connectivity index (χ2v) is 6.97. The molecule has 0 aromatic heterocycles. The van der Waals surface area contributed by atoms with E-state index in [2.05, 4.69) is 20.7 Å². The second-order valence-electron chi connectivity index (χ2n) is 4.32. The third-order valence-electron chi connectivity index (χ3n) is 2.81. The number of halogens is 1. The van der Waals surface area contributed by atoms with Gasteiger partial charge in [-0.1, -0.05) is 28.1 Å². The fraction of sp³-hybridized carbons (Fsp3) is 0.0714. The first-order chi connectivity index (χ1) is 9.92. The number of nitrogen functional groups attached to an aromatic ring is 1. The van der Waals surface area contributed by atoms with Gasteiger partial charge in [0.2, 0.25) is 10.0 Å². The molecule has 0 unspecified atom stereocenters. The van der Waals surface area contributed by atoms with Crippen molar-refractivity contribution in [3.8, 4) is 6.07 Å². The zero-order valence-corrected chi connectivity index (χ0v) is 13.3. The Hall–Kier alpha value is -1.88. The summed E-state index contributed by atoms with van der Waals surface area (Å²) >= 11 is 3.22. The molecule has 0 spiro atoms. The van der Waals surface area contributed by atoms with E-state index in [9.17, 15) is 8.42 Å². The maximum Gasteiger partial charge on any atom is 0.242 e. The Labute approximate surface area is 131 Å². The van der Waals surface area contributed by atoms with Crippen molar-refractivity contribution in [3.05, 3.63) is 58.1 Å². The van der Waals surface area contributed by atoms with Gasteiger partial charge in [0.05, 0.1) is 17.3 Å². The molecule has 0 heterocycles. The SMILES string of the molecule is N#Cc1ccc(CNS(=O)(=O)c2cc(Br)ccc2N)cc1. The highest BCUT2D eigenvalue weighted by atomic mass is 79.9. The molecule has 0 saturated carbocycles. The number of sulfonamides is 1. The Morgan fingerprint density at radius 2 is 1.86 bits per heavy atom. The molecule has 21 heavy (non-hydrogen) atoms. The average molecular weight is 366 g/mol. The second kappa shape index (κ2) is 6.26. The van der Waals surface area contributed by atoms with Crippen LogP contribution in [0.25, 0.3) is 0 Å². The molecule has 5 nitrogen and oxygen atoms in total. The molecule has 2 rings (SSSR count). The topological polar surface area (TPSA) is 96.0 Å². The molecule has 0 fully saturated rings. The van der Waals surface area contributed by atoms with Crippen molar-refractivity contribution in [1.82, 2.24) is 4.72 Å². The van der Waals surface area contributed by atoms with Crippen molar-refractivity contribution in [2.75, 3.05) is 5.73 Å². The van der Waals surface area contributed by atoms with Crippen LogP contribution in [-0.4, -0.2) is 8.42 Å². The molecule has 0 radical (unpaired) electrons. The van der Waals surface area contributed by atoms with Crippen LogP contribution in [0.4, 0.5) is 5.69 Å². The predicted octanol–water partition coefficient (Wildman–Crippen LogP) is 2.38. The van der Waals surface area contributed by atoms with Gasteiger partial charge in [-0.25, -0.2) is 13.1 Å². The van der Waals surface area contributed by atoms with E-state index in [4.69, 9.17) is 11.0 Å². The minimum atomic E-state index is -3.70. The van der Waals surface area contributed by atoms with Crippen molar-refractivity contribution < 1.29 is 8.42 Å². The summed E-state index contributed by atoms with van der Waals surface area (Å²) in [4.78, 5) is 0.0329. The van der Waals surface area contributed by atoms with E-state index >= 15 is 0 Å². The molecular weight excluding hydrogens is 354 g/mol. The van der Waals surface area contributed by atoms with Crippen LogP contribution in [0.1, 0.15) is 11.1 Å². The molecule has 2 aromatic rings. The zero-order chi connectivity index (χ0) is 15.5. The van der Waals surface area contributed by atoms with Crippen molar-refractivity contribution in [2.24, 2.45) is 0 Å². The van der Waals surface area contributed by atoms with Gasteiger partial charge in [-0.15, -0.1) is 0 Å². The molecule has 0 bridgehead atoms. The smallest absolute Gasteiger partial charge is 0.242 e. The standard InChI is InChI=1S/C14H12BrN3O2S/c15-12-5-6-13(17)14(7-12)21(19,20)18-9-11-3-1-10(8-16)2-4-11/h1-7,18H,9,17H2. The lowest BCUT2D eigenvalue weighted by molar-refractivity contribution is 0.581. The third-order valence-corrected chi connectivity index (χ3v) is 4.76. The molecule has 0 amide bonds. The van der Waals surface area contributed by atoms with Gasteiger partial charge in [0, 0.05) is 11.0 Å². The summed E-state index contributed by atoms with van der Waals surface area (Å²) in [6, 6.07) is 13.3. The fourth-order valence-electron chi connectivity index (χ4n) is 1.69. The van der Waals surface area contributed by atoms with Gasteiger partial charge in [0.25, 0.3) is 0 Å². The van der Waals surface area contributed by atoms with Crippen LogP contribution in [0.15, 0.2) is 51.8 Å². The van der Waals surface area contributed by atoms with Gasteiger partial charge >= 0.3 is 0 Å². The molecule has 0 aliphatic heterocycles. The number of nitrogens with zero attached hydrogens (tertiary/aromatic N) is 1. The van der Waals surface area contributed by atoms with E-state index in [0.717, 1.165) is 5.56 Å². The number of hydrogen-bond acceptors (Lipinski definition) is 4. The fourth-order valence-corrected chi connectivity index (χ4v) is 3.38. The van der Waals surface area contributed by atoms with Crippen LogP contribution in [0.5, 0.6) is 0 Å². The summed E-state index contributed by atoms with van der Waals surface area (Å²) in [7, 11) is -3.70. The summed E-state index contributed by atoms with van der Waals surface area (Å²) in [6.07, 6.45) is 0. The van der Waals surface area contributed by atoms with Crippen molar-refractivity contribution in [2.45, 2.75) is 11.4 Å². The number of nitrogens with one attached hydrogen (secondary N) is 1. The molecule has 2 aromatic carbocycles. The van der Waals surface area contributed by atoms with Crippen LogP contribution in [-0.2, 0) is 16.6 Å². The first kappa shape index (κ1) is 15.5. The van der Waals surface area contributed by atoms with E-state index in [1.807, 2.05) is 6.07 Å². The highest BCUT2D eigenvalue weighted by molar-refractivity contribution is 9.10. The Morgan fingerprint density at radius 1 is 1.19 bits per heavy atom. The number of nitriles is 1. The maximum absolute atomic E-state index is 12.2. The van der Waals surface area contributed by atoms with Gasteiger partial charge in [0.15, 0.2) is 0 Å². The average Bonchev–Trinajstić information content (AvgIpc) is 2.48. The molecule has 0 atom stereocenters. The minimum absolute atomic E-state index is 0.0329. The van der Waals surface area contributed by atoms with Crippen LogP contribution in [0.3, 0.4) is 0 Å². The quantitative estimate of drug-likeness (QED) is 0.812. The summed E-state index contributed by atoms with van der Waals surface area (Å²) < 4.78 is 27.6. The normalized spacial score (nSPS) is 11.0. The maximum atomic E-state index is 12.2. The van der Waals surface area contributed by atoms with Crippen LogP contribution >= 0.6 is 15.9 Å². The first-order valence-corrected chi connectivity index (χ1v) is 8.24. The lowest BCUT2D eigenvalue weighted by Gasteiger charge is -2.09. The Morgan fingerprint density at radius 3 is 2.48 bits per heavy atom. The number of hydrogen-bond donors (Lipinski definition) is 2. The van der Waals surface area contributed by atoms with E-state index in [1.165, 1.54) is 12.1 Å². The Bertz CT molecular complexity index is 796. The van der Waals surface area contributed by atoms with Crippen LogP contribution in [0.2, 0.25) is 0 Å². The Balaban J connectivity index is 2.17. The highest BCUT2D eigenvalue weighted by Gasteiger charge is 2.17. The number of anilines is 1.